The molecular formula is C41H49NO5S3Si. The zero-order valence-corrected chi connectivity index (χ0v) is 33.8. The van der Waals surface area contributed by atoms with Crippen molar-refractivity contribution in [2.75, 3.05) is 37.8 Å². The fraction of sp³-hybridized carbons (Fsp3) is 0.439. The molecule has 0 spiro atoms. The summed E-state index contributed by atoms with van der Waals surface area (Å²) in [7, 11) is -2.93. The number of anilines is 1. The highest BCUT2D eigenvalue weighted by Gasteiger charge is 2.44. The minimum absolute atomic E-state index is 0.244. The van der Waals surface area contributed by atoms with Gasteiger partial charge in [0.2, 0.25) is 0 Å². The Morgan fingerprint density at radius 1 is 0.804 bits per heavy atom. The summed E-state index contributed by atoms with van der Waals surface area (Å²) in [5.74, 6) is 0. The molecule has 0 saturated carbocycles. The summed E-state index contributed by atoms with van der Waals surface area (Å²) in [5.41, 5.74) is 6.54. The normalized spacial score (nSPS) is 14.6. The van der Waals surface area contributed by atoms with Crippen molar-refractivity contribution in [3.63, 3.8) is 0 Å². The minimum atomic E-state index is -2.93. The number of unbranched alkanes of at least 4 members (excludes halogenated alkanes) is 3. The molecule has 2 aliphatic rings. The predicted octanol–water partition coefficient (Wildman–Crippen LogP) is 10.6. The van der Waals surface area contributed by atoms with Gasteiger partial charge in [-0.3, -0.25) is 0 Å². The standard InChI is InChI=1S/C41H49NO5S3Si/c1-5-9-10-11-14-28-27-37(49-34(28)19-17-31-18-22-38(48-31)51(44-6-2,45-7-3)46-8-4)36-21-20-35(50-36)33-26-30-25-29-15-12-23-42-24-13-16-32(39(29)42)40(30)47-41(33)43/h17-22,25-27H,5-16,23-24H2,1-4H3/b19-17+. The number of nitrogens with zero attached hydrogens (tertiary/aromatic N) is 1. The molecule has 0 aliphatic carbocycles. The molecule has 0 atom stereocenters. The Hall–Kier alpha value is -2.83. The lowest BCUT2D eigenvalue weighted by atomic mass is 9.90. The topological polar surface area (TPSA) is 61.1 Å². The molecule has 1 aromatic carbocycles. The van der Waals surface area contributed by atoms with Crippen molar-refractivity contribution in [3.05, 3.63) is 79.3 Å². The van der Waals surface area contributed by atoms with Gasteiger partial charge in [-0.15, -0.1) is 34.0 Å². The number of aryl methyl sites for hydroxylation is 3. The molecule has 0 N–H and O–H groups in total. The van der Waals surface area contributed by atoms with Gasteiger partial charge in [0.1, 0.15) is 5.58 Å². The van der Waals surface area contributed by atoms with Crippen LogP contribution in [0.15, 0.2) is 51.7 Å². The van der Waals surface area contributed by atoms with Crippen LogP contribution >= 0.6 is 34.0 Å². The lowest BCUT2D eigenvalue weighted by molar-refractivity contribution is 0.0866. The molecule has 6 heterocycles. The fourth-order valence-corrected chi connectivity index (χ4v) is 13.9. The largest absolute Gasteiger partial charge is 0.547 e. The number of thiophene rings is 3. The molecule has 10 heteroatoms. The highest BCUT2D eigenvalue weighted by molar-refractivity contribution is 7.25. The molecular weight excluding hydrogens is 711 g/mol. The van der Waals surface area contributed by atoms with Crippen LogP contribution in [0.3, 0.4) is 0 Å². The van der Waals surface area contributed by atoms with E-state index in [1.54, 1.807) is 22.7 Å². The smallest absolute Gasteiger partial charge is 0.422 e. The fourth-order valence-electron chi connectivity index (χ4n) is 7.55. The van der Waals surface area contributed by atoms with Gasteiger partial charge in [0.25, 0.3) is 0 Å². The second kappa shape index (κ2) is 16.5. The molecule has 270 valence electrons. The van der Waals surface area contributed by atoms with Gasteiger partial charge in [-0.25, -0.2) is 4.79 Å². The maximum Gasteiger partial charge on any atom is 0.547 e. The van der Waals surface area contributed by atoms with Crippen LogP contribution in [0.25, 0.3) is 43.3 Å². The third-order valence-corrected chi connectivity index (χ3v) is 17.0. The van der Waals surface area contributed by atoms with Crippen LogP contribution in [-0.4, -0.2) is 41.7 Å². The molecule has 0 bridgehead atoms. The van der Waals surface area contributed by atoms with Crippen molar-refractivity contribution in [2.24, 2.45) is 0 Å². The van der Waals surface area contributed by atoms with Gasteiger partial charge in [0, 0.05) is 73.9 Å². The second-order valence-electron chi connectivity index (χ2n) is 13.3. The monoisotopic (exact) mass is 759 g/mol. The molecule has 4 aromatic heterocycles. The van der Waals surface area contributed by atoms with E-state index in [2.05, 4.69) is 66.4 Å². The molecule has 0 unspecified atom stereocenters. The summed E-state index contributed by atoms with van der Waals surface area (Å²) in [6.07, 6.45) is 14.8. The molecule has 0 fully saturated rings. The second-order valence-corrected chi connectivity index (χ2v) is 19.5. The van der Waals surface area contributed by atoms with E-state index in [-0.39, 0.29) is 5.63 Å². The molecule has 6 nitrogen and oxygen atoms in total. The van der Waals surface area contributed by atoms with Crippen molar-refractivity contribution in [3.8, 4) is 20.2 Å². The Kier molecular flexibility index (Phi) is 11.8. The van der Waals surface area contributed by atoms with Crippen LogP contribution in [0.1, 0.15) is 92.7 Å². The SMILES string of the molecule is CCCCCCc1cc(-c2ccc(-c3cc4cc5c6c(c4oc3=O)CCCN6CCC5)s2)sc1/C=C/c1ccc([Si](OCC)(OCC)OCC)s1. The molecule has 0 saturated heterocycles. The summed E-state index contributed by atoms with van der Waals surface area (Å²) in [6, 6.07) is 15.2. The number of hydrogen-bond donors (Lipinski definition) is 0. The molecule has 0 radical (unpaired) electrons. The van der Waals surface area contributed by atoms with Crippen LogP contribution in [0, 0.1) is 0 Å². The van der Waals surface area contributed by atoms with Gasteiger partial charge in [-0.05, 0) is 125 Å². The van der Waals surface area contributed by atoms with E-state index in [1.165, 1.54) is 69.1 Å². The van der Waals surface area contributed by atoms with Crippen LogP contribution in [-0.2, 0) is 32.5 Å². The molecule has 7 rings (SSSR count). The van der Waals surface area contributed by atoms with Crippen molar-refractivity contribution in [2.45, 2.75) is 85.5 Å². The van der Waals surface area contributed by atoms with Gasteiger partial charge >= 0.3 is 14.4 Å². The predicted molar refractivity (Wildman–Crippen MR) is 219 cm³/mol. The maximum absolute atomic E-state index is 13.5. The third-order valence-electron chi connectivity index (χ3n) is 9.80. The first-order valence-electron chi connectivity index (χ1n) is 18.8. The average molecular weight is 760 g/mol. The van der Waals surface area contributed by atoms with Crippen molar-refractivity contribution < 1.29 is 17.7 Å². The summed E-state index contributed by atoms with van der Waals surface area (Å²) < 4.78 is 25.7. The van der Waals surface area contributed by atoms with E-state index in [0.717, 1.165) is 64.0 Å². The number of rotatable bonds is 16. The summed E-state index contributed by atoms with van der Waals surface area (Å²) >= 11 is 5.21. The van der Waals surface area contributed by atoms with E-state index in [4.69, 9.17) is 17.7 Å². The summed E-state index contributed by atoms with van der Waals surface area (Å²) in [5, 5.41) is 1.05. The van der Waals surface area contributed by atoms with E-state index in [0.29, 0.717) is 25.4 Å². The van der Waals surface area contributed by atoms with Crippen LogP contribution in [0.2, 0.25) is 0 Å². The Bertz CT molecular complexity index is 2040. The van der Waals surface area contributed by atoms with Gasteiger partial charge in [0.15, 0.2) is 0 Å². The van der Waals surface area contributed by atoms with Crippen molar-refractivity contribution >= 4 is 76.1 Å². The van der Waals surface area contributed by atoms with E-state index in [9.17, 15) is 4.79 Å². The number of benzene rings is 1. The maximum atomic E-state index is 13.5. The van der Waals surface area contributed by atoms with Crippen LogP contribution in [0.4, 0.5) is 5.69 Å². The quantitative estimate of drug-likeness (QED) is 0.0567. The highest BCUT2D eigenvalue weighted by atomic mass is 32.1. The van der Waals surface area contributed by atoms with Crippen LogP contribution < -0.4 is 15.0 Å². The molecule has 51 heavy (non-hydrogen) atoms. The van der Waals surface area contributed by atoms with Gasteiger partial charge < -0.3 is 22.6 Å². The first-order chi connectivity index (χ1) is 25.0. The molecule has 5 aromatic rings. The van der Waals surface area contributed by atoms with E-state index in [1.807, 2.05) is 32.1 Å². The zero-order chi connectivity index (χ0) is 35.4. The first kappa shape index (κ1) is 36.5. The lowest BCUT2D eigenvalue weighted by Gasteiger charge is -2.37. The first-order valence-corrected chi connectivity index (χ1v) is 22.9. The van der Waals surface area contributed by atoms with Crippen molar-refractivity contribution in [1.29, 1.82) is 0 Å². The zero-order valence-electron chi connectivity index (χ0n) is 30.3. The molecule has 0 amide bonds. The molecule has 2 aliphatic heterocycles. The Morgan fingerprint density at radius 3 is 2.33 bits per heavy atom. The Balaban J connectivity index is 1.18. The third kappa shape index (κ3) is 7.65. The van der Waals surface area contributed by atoms with Crippen LogP contribution in [0.5, 0.6) is 0 Å². The summed E-state index contributed by atoms with van der Waals surface area (Å²) in [6.45, 7) is 12.1. The Morgan fingerprint density at radius 2 is 1.57 bits per heavy atom. The van der Waals surface area contributed by atoms with E-state index < -0.39 is 8.80 Å². The van der Waals surface area contributed by atoms with Gasteiger partial charge in [-0.2, -0.15) is 0 Å². The number of fused-ring (bicyclic) bond motifs is 2. The minimum Gasteiger partial charge on any atom is -0.422 e. The Labute approximate surface area is 315 Å². The highest BCUT2D eigenvalue weighted by Crippen LogP contribution is 2.43. The van der Waals surface area contributed by atoms with Gasteiger partial charge in [0.05, 0.1) is 10.1 Å². The van der Waals surface area contributed by atoms with E-state index >= 15 is 0 Å². The number of hydrogen-bond acceptors (Lipinski definition) is 9. The average Bonchev–Trinajstić information content (AvgIpc) is 3.91. The lowest BCUT2D eigenvalue weighted by Crippen LogP contribution is -2.55. The van der Waals surface area contributed by atoms with Crippen molar-refractivity contribution in [1.82, 2.24) is 0 Å². The summed E-state index contributed by atoms with van der Waals surface area (Å²) in [4.78, 5) is 21.8. The van der Waals surface area contributed by atoms with Gasteiger partial charge in [-0.1, -0.05) is 26.2 Å².